The average molecular weight is 186 g/mol. The molecule has 0 aliphatic carbocycles. The minimum Gasteiger partial charge on any atom is -0.330 e. The van der Waals surface area contributed by atoms with Gasteiger partial charge in [-0.2, -0.15) is 0 Å². The van der Waals surface area contributed by atoms with Gasteiger partial charge in [-0.05, 0) is 30.7 Å². The van der Waals surface area contributed by atoms with Gasteiger partial charge in [0, 0.05) is 6.04 Å². The van der Waals surface area contributed by atoms with Crippen molar-refractivity contribution in [2.75, 3.05) is 6.54 Å². The van der Waals surface area contributed by atoms with Crippen LogP contribution in [0.1, 0.15) is 40.5 Å². The van der Waals surface area contributed by atoms with Crippen molar-refractivity contribution in [1.29, 1.82) is 0 Å². The van der Waals surface area contributed by atoms with Crippen molar-refractivity contribution in [2.45, 2.75) is 46.6 Å². The van der Waals surface area contributed by atoms with Gasteiger partial charge < -0.3 is 11.5 Å². The number of rotatable bonds is 6. The van der Waals surface area contributed by atoms with E-state index in [0.717, 1.165) is 19.4 Å². The molecule has 80 valence electrons. The first kappa shape index (κ1) is 12.9. The number of hydrogen-bond donors (Lipinski definition) is 2. The Hall–Kier alpha value is -0.0800. The van der Waals surface area contributed by atoms with E-state index in [1.54, 1.807) is 0 Å². The molecule has 0 saturated carbocycles. The SMILES string of the molecule is CCCC(N)C(CN)C(C)C(C)C. The zero-order chi connectivity index (χ0) is 10.4. The van der Waals surface area contributed by atoms with Crippen molar-refractivity contribution in [2.24, 2.45) is 29.2 Å². The third kappa shape index (κ3) is 4.10. The van der Waals surface area contributed by atoms with Gasteiger partial charge in [0.2, 0.25) is 0 Å². The van der Waals surface area contributed by atoms with Crippen LogP contribution in [0.2, 0.25) is 0 Å². The Morgan fingerprint density at radius 2 is 1.69 bits per heavy atom. The third-order valence-corrected chi connectivity index (χ3v) is 3.17. The monoisotopic (exact) mass is 186 g/mol. The predicted molar refractivity (Wildman–Crippen MR) is 59.4 cm³/mol. The van der Waals surface area contributed by atoms with Crippen LogP contribution >= 0.6 is 0 Å². The van der Waals surface area contributed by atoms with E-state index >= 15 is 0 Å². The summed E-state index contributed by atoms with van der Waals surface area (Å²) in [6, 6.07) is 0.285. The highest BCUT2D eigenvalue weighted by Crippen LogP contribution is 2.23. The van der Waals surface area contributed by atoms with Crippen LogP contribution in [0.3, 0.4) is 0 Å². The maximum atomic E-state index is 6.10. The highest BCUT2D eigenvalue weighted by molar-refractivity contribution is 4.79. The Bertz CT molecular complexity index is 123. The van der Waals surface area contributed by atoms with Gasteiger partial charge in [-0.1, -0.05) is 34.1 Å². The van der Waals surface area contributed by atoms with Crippen LogP contribution in [0.5, 0.6) is 0 Å². The Morgan fingerprint density at radius 1 is 1.15 bits per heavy atom. The second-order valence-electron chi connectivity index (χ2n) is 4.46. The molecule has 3 atom stereocenters. The standard InChI is InChI=1S/C11H26N2/c1-5-6-11(13)10(7-12)9(4)8(2)3/h8-11H,5-7,12-13H2,1-4H3. The van der Waals surface area contributed by atoms with E-state index in [0.29, 0.717) is 17.8 Å². The Kier molecular flexibility index (Phi) is 6.35. The van der Waals surface area contributed by atoms with Gasteiger partial charge in [-0.25, -0.2) is 0 Å². The van der Waals surface area contributed by atoms with E-state index < -0.39 is 0 Å². The molecule has 2 heteroatoms. The van der Waals surface area contributed by atoms with Crippen LogP contribution in [0.25, 0.3) is 0 Å². The van der Waals surface area contributed by atoms with Gasteiger partial charge in [-0.3, -0.25) is 0 Å². The molecular formula is C11H26N2. The van der Waals surface area contributed by atoms with E-state index in [4.69, 9.17) is 11.5 Å². The van der Waals surface area contributed by atoms with Crippen molar-refractivity contribution >= 4 is 0 Å². The van der Waals surface area contributed by atoms with Gasteiger partial charge in [0.15, 0.2) is 0 Å². The molecule has 13 heavy (non-hydrogen) atoms. The van der Waals surface area contributed by atoms with Crippen LogP contribution < -0.4 is 11.5 Å². The fourth-order valence-electron chi connectivity index (χ4n) is 1.82. The van der Waals surface area contributed by atoms with E-state index in [2.05, 4.69) is 27.7 Å². The van der Waals surface area contributed by atoms with Crippen LogP contribution in [0.4, 0.5) is 0 Å². The average Bonchev–Trinajstić information content (AvgIpc) is 2.05. The molecule has 0 amide bonds. The van der Waals surface area contributed by atoms with Crippen LogP contribution in [-0.2, 0) is 0 Å². The van der Waals surface area contributed by atoms with Gasteiger partial charge in [0.05, 0.1) is 0 Å². The molecule has 0 radical (unpaired) electrons. The maximum absolute atomic E-state index is 6.10. The van der Waals surface area contributed by atoms with Crippen molar-refractivity contribution in [3.8, 4) is 0 Å². The fraction of sp³-hybridized carbons (Fsp3) is 1.00. The van der Waals surface area contributed by atoms with Gasteiger partial charge in [0.25, 0.3) is 0 Å². The zero-order valence-electron chi connectivity index (χ0n) is 9.59. The lowest BCUT2D eigenvalue weighted by atomic mass is 9.79. The Labute approximate surface area is 83.1 Å². The molecule has 0 spiro atoms. The summed E-state index contributed by atoms with van der Waals surface area (Å²) >= 11 is 0. The normalized spacial score (nSPS) is 18.7. The molecule has 0 aromatic rings. The van der Waals surface area contributed by atoms with Crippen molar-refractivity contribution in [3.63, 3.8) is 0 Å². The molecule has 4 N–H and O–H groups in total. The number of hydrogen-bond acceptors (Lipinski definition) is 2. The lowest BCUT2D eigenvalue weighted by molar-refractivity contribution is 0.236. The Balaban J connectivity index is 4.14. The molecule has 0 heterocycles. The molecule has 2 nitrogen and oxygen atoms in total. The second kappa shape index (κ2) is 6.39. The second-order valence-corrected chi connectivity index (χ2v) is 4.46. The summed E-state index contributed by atoms with van der Waals surface area (Å²) in [6.45, 7) is 9.64. The molecule has 0 fully saturated rings. The fourth-order valence-corrected chi connectivity index (χ4v) is 1.82. The molecule has 0 aliphatic heterocycles. The largest absolute Gasteiger partial charge is 0.330 e. The molecular weight excluding hydrogens is 160 g/mol. The molecule has 0 bridgehead atoms. The lowest BCUT2D eigenvalue weighted by Crippen LogP contribution is -2.40. The first-order valence-corrected chi connectivity index (χ1v) is 5.50. The lowest BCUT2D eigenvalue weighted by Gasteiger charge is -2.30. The van der Waals surface area contributed by atoms with Gasteiger partial charge in [-0.15, -0.1) is 0 Å². The molecule has 0 rings (SSSR count). The van der Waals surface area contributed by atoms with Crippen molar-refractivity contribution in [1.82, 2.24) is 0 Å². The van der Waals surface area contributed by atoms with Crippen LogP contribution in [-0.4, -0.2) is 12.6 Å². The van der Waals surface area contributed by atoms with Gasteiger partial charge >= 0.3 is 0 Å². The van der Waals surface area contributed by atoms with Gasteiger partial charge in [0.1, 0.15) is 0 Å². The highest BCUT2D eigenvalue weighted by Gasteiger charge is 2.24. The predicted octanol–water partition coefficient (Wildman–Crippen LogP) is 1.98. The van der Waals surface area contributed by atoms with E-state index in [1.807, 2.05) is 0 Å². The highest BCUT2D eigenvalue weighted by atomic mass is 14.7. The summed E-state index contributed by atoms with van der Waals surface area (Å²) in [5, 5.41) is 0. The smallest absolute Gasteiger partial charge is 0.00817 e. The summed E-state index contributed by atoms with van der Waals surface area (Å²) < 4.78 is 0. The molecule has 0 saturated heterocycles. The molecule has 3 unspecified atom stereocenters. The molecule has 0 aliphatic rings. The Morgan fingerprint density at radius 3 is 2.00 bits per heavy atom. The van der Waals surface area contributed by atoms with Crippen LogP contribution in [0.15, 0.2) is 0 Å². The maximum Gasteiger partial charge on any atom is 0.00817 e. The minimum atomic E-state index is 0.285. The van der Waals surface area contributed by atoms with Crippen LogP contribution in [0, 0.1) is 17.8 Å². The van der Waals surface area contributed by atoms with Crippen molar-refractivity contribution in [3.05, 3.63) is 0 Å². The summed E-state index contributed by atoms with van der Waals surface area (Å²) in [6.07, 6.45) is 2.25. The summed E-state index contributed by atoms with van der Waals surface area (Å²) in [5.41, 5.74) is 11.9. The summed E-state index contributed by atoms with van der Waals surface area (Å²) in [5.74, 6) is 1.79. The summed E-state index contributed by atoms with van der Waals surface area (Å²) in [4.78, 5) is 0. The zero-order valence-corrected chi connectivity index (χ0v) is 9.59. The summed E-state index contributed by atoms with van der Waals surface area (Å²) in [7, 11) is 0. The van der Waals surface area contributed by atoms with E-state index in [9.17, 15) is 0 Å². The minimum absolute atomic E-state index is 0.285. The number of nitrogens with two attached hydrogens (primary N) is 2. The van der Waals surface area contributed by atoms with Crippen molar-refractivity contribution < 1.29 is 0 Å². The third-order valence-electron chi connectivity index (χ3n) is 3.17. The first-order chi connectivity index (χ1) is 6.04. The van der Waals surface area contributed by atoms with E-state index in [1.165, 1.54) is 0 Å². The molecule has 0 aromatic heterocycles. The van der Waals surface area contributed by atoms with E-state index in [-0.39, 0.29) is 6.04 Å². The topological polar surface area (TPSA) is 52.0 Å². The quantitative estimate of drug-likeness (QED) is 0.666. The first-order valence-electron chi connectivity index (χ1n) is 5.50. The molecule has 0 aromatic carbocycles.